The lowest BCUT2D eigenvalue weighted by atomic mass is 10.2. The van der Waals surface area contributed by atoms with E-state index in [0.717, 1.165) is 0 Å². The van der Waals surface area contributed by atoms with E-state index in [4.69, 9.17) is 4.74 Å². The fourth-order valence-electron chi connectivity index (χ4n) is 1.21. The molecule has 0 fully saturated rings. The summed E-state index contributed by atoms with van der Waals surface area (Å²) in [6.45, 7) is 4.84. The van der Waals surface area contributed by atoms with Gasteiger partial charge in [-0.2, -0.15) is 0 Å². The minimum absolute atomic E-state index is 0.116. The van der Waals surface area contributed by atoms with Crippen molar-refractivity contribution in [3.05, 3.63) is 35.1 Å². The van der Waals surface area contributed by atoms with E-state index in [-0.39, 0.29) is 12.1 Å². The Labute approximate surface area is 108 Å². The van der Waals surface area contributed by atoms with Crippen LogP contribution in [0.1, 0.15) is 26.3 Å². The first kappa shape index (κ1) is 15.3. The van der Waals surface area contributed by atoms with Crippen LogP contribution in [0.5, 0.6) is 0 Å². The molecule has 7 heteroatoms. The number of hydrazine groups is 1. The summed E-state index contributed by atoms with van der Waals surface area (Å²) >= 11 is 0. The van der Waals surface area contributed by atoms with Crippen molar-refractivity contribution in [1.29, 1.82) is 0 Å². The molecule has 0 saturated carbocycles. The molecule has 106 valence electrons. The van der Waals surface area contributed by atoms with E-state index >= 15 is 0 Å². The standard InChI is InChI=1S/C12H15F3N2O2/c1-12(2,3)19-11(18)17-16-6-7-4-9(14)10(15)5-8(7)13/h4-5,16H,6H2,1-3H3,(H,17,18). The Hall–Kier alpha value is -1.76. The van der Waals surface area contributed by atoms with Gasteiger partial charge in [0.2, 0.25) is 0 Å². The molecule has 1 rings (SSSR count). The van der Waals surface area contributed by atoms with Crippen LogP contribution in [0.3, 0.4) is 0 Å². The minimum Gasteiger partial charge on any atom is -0.443 e. The summed E-state index contributed by atoms with van der Waals surface area (Å²) in [4.78, 5) is 11.2. The third-order valence-corrected chi connectivity index (χ3v) is 1.96. The normalized spacial score (nSPS) is 11.3. The molecule has 4 nitrogen and oxygen atoms in total. The molecular formula is C12H15F3N2O2. The summed E-state index contributed by atoms with van der Waals surface area (Å²) in [5.74, 6) is -3.32. The molecule has 2 N–H and O–H groups in total. The minimum atomic E-state index is -1.26. The van der Waals surface area contributed by atoms with Crippen molar-refractivity contribution < 1.29 is 22.7 Å². The Morgan fingerprint density at radius 1 is 1.16 bits per heavy atom. The number of benzene rings is 1. The van der Waals surface area contributed by atoms with Crippen molar-refractivity contribution in [1.82, 2.24) is 10.9 Å². The van der Waals surface area contributed by atoms with Crippen molar-refractivity contribution in [2.24, 2.45) is 0 Å². The average Bonchev–Trinajstić information content (AvgIpc) is 2.22. The molecule has 0 radical (unpaired) electrons. The molecule has 0 aliphatic heterocycles. The number of ether oxygens (including phenoxy) is 1. The summed E-state index contributed by atoms with van der Waals surface area (Å²) in [5.41, 5.74) is 3.73. The van der Waals surface area contributed by atoms with Crippen molar-refractivity contribution in [2.75, 3.05) is 0 Å². The molecule has 0 atom stereocenters. The third kappa shape index (κ3) is 5.17. The van der Waals surface area contributed by atoms with E-state index in [0.29, 0.717) is 12.1 Å². The van der Waals surface area contributed by atoms with Crippen molar-refractivity contribution in [3.63, 3.8) is 0 Å². The highest BCUT2D eigenvalue weighted by molar-refractivity contribution is 5.66. The second-order valence-corrected chi connectivity index (χ2v) is 4.84. The number of nitrogens with one attached hydrogen (secondary N) is 2. The molecule has 0 spiro atoms. The molecular weight excluding hydrogens is 261 g/mol. The van der Waals surface area contributed by atoms with Gasteiger partial charge in [-0.25, -0.2) is 23.4 Å². The molecule has 1 amide bonds. The van der Waals surface area contributed by atoms with E-state index < -0.39 is 29.1 Å². The zero-order valence-corrected chi connectivity index (χ0v) is 10.8. The molecule has 0 unspecified atom stereocenters. The predicted molar refractivity (Wildman–Crippen MR) is 62.5 cm³/mol. The lowest BCUT2D eigenvalue weighted by Crippen LogP contribution is -2.40. The van der Waals surface area contributed by atoms with Gasteiger partial charge in [-0.15, -0.1) is 0 Å². The molecule has 0 bridgehead atoms. The van der Waals surface area contributed by atoms with Crippen LogP contribution in [0.15, 0.2) is 12.1 Å². The molecule has 0 aliphatic rings. The first-order chi connectivity index (χ1) is 8.69. The van der Waals surface area contributed by atoms with Crippen LogP contribution in [-0.2, 0) is 11.3 Å². The maximum atomic E-state index is 13.2. The number of amides is 1. The van der Waals surface area contributed by atoms with Gasteiger partial charge in [-0.3, -0.25) is 5.43 Å². The average molecular weight is 276 g/mol. The van der Waals surface area contributed by atoms with Gasteiger partial charge < -0.3 is 4.74 Å². The maximum Gasteiger partial charge on any atom is 0.422 e. The number of carbonyl (C=O) groups is 1. The van der Waals surface area contributed by atoms with Crippen LogP contribution >= 0.6 is 0 Å². The van der Waals surface area contributed by atoms with Gasteiger partial charge in [0.15, 0.2) is 11.6 Å². The highest BCUT2D eigenvalue weighted by Crippen LogP contribution is 2.13. The zero-order valence-electron chi connectivity index (χ0n) is 10.8. The van der Waals surface area contributed by atoms with Gasteiger partial charge >= 0.3 is 6.09 Å². The van der Waals surface area contributed by atoms with Crippen LogP contribution in [0.2, 0.25) is 0 Å². The van der Waals surface area contributed by atoms with Gasteiger partial charge in [0.05, 0.1) is 0 Å². The summed E-state index contributed by atoms with van der Waals surface area (Å²) in [6, 6.07) is 1.16. The van der Waals surface area contributed by atoms with Gasteiger partial charge in [0.1, 0.15) is 11.4 Å². The molecule has 19 heavy (non-hydrogen) atoms. The van der Waals surface area contributed by atoms with Gasteiger partial charge in [-0.1, -0.05) is 0 Å². The fourth-order valence-corrected chi connectivity index (χ4v) is 1.21. The van der Waals surface area contributed by atoms with E-state index in [2.05, 4.69) is 10.9 Å². The second-order valence-electron chi connectivity index (χ2n) is 4.84. The van der Waals surface area contributed by atoms with E-state index in [1.807, 2.05) is 0 Å². The summed E-state index contributed by atoms with van der Waals surface area (Å²) < 4.78 is 43.7. The van der Waals surface area contributed by atoms with Crippen LogP contribution in [0, 0.1) is 17.5 Å². The van der Waals surface area contributed by atoms with E-state index in [1.165, 1.54) is 0 Å². The summed E-state index contributed by atoms with van der Waals surface area (Å²) in [7, 11) is 0. The smallest absolute Gasteiger partial charge is 0.422 e. The first-order valence-electron chi connectivity index (χ1n) is 5.54. The van der Waals surface area contributed by atoms with Crippen molar-refractivity contribution in [3.8, 4) is 0 Å². The Bertz CT molecular complexity index is 473. The van der Waals surface area contributed by atoms with Crippen molar-refractivity contribution >= 4 is 6.09 Å². The van der Waals surface area contributed by atoms with Crippen LogP contribution in [0.4, 0.5) is 18.0 Å². The number of rotatable bonds is 3. The Balaban J connectivity index is 2.50. The highest BCUT2D eigenvalue weighted by Gasteiger charge is 2.16. The molecule has 1 aromatic carbocycles. The van der Waals surface area contributed by atoms with Gasteiger partial charge in [0.25, 0.3) is 0 Å². The predicted octanol–water partition coefficient (Wildman–Crippen LogP) is 2.63. The third-order valence-electron chi connectivity index (χ3n) is 1.96. The summed E-state index contributed by atoms with van der Waals surface area (Å²) in [6.07, 6.45) is -0.754. The Morgan fingerprint density at radius 3 is 2.32 bits per heavy atom. The zero-order chi connectivity index (χ0) is 14.6. The van der Waals surface area contributed by atoms with Crippen molar-refractivity contribution in [2.45, 2.75) is 32.9 Å². The second kappa shape index (κ2) is 5.92. The van der Waals surface area contributed by atoms with Gasteiger partial charge in [0, 0.05) is 18.2 Å². The monoisotopic (exact) mass is 276 g/mol. The Kier molecular flexibility index (Phi) is 4.77. The maximum absolute atomic E-state index is 13.2. The van der Waals surface area contributed by atoms with E-state index in [1.54, 1.807) is 20.8 Å². The SMILES string of the molecule is CC(C)(C)OC(=O)NNCc1cc(F)c(F)cc1F. The molecule has 0 saturated heterocycles. The number of halogens is 3. The topological polar surface area (TPSA) is 50.4 Å². The van der Waals surface area contributed by atoms with Crippen LogP contribution in [-0.4, -0.2) is 11.7 Å². The Morgan fingerprint density at radius 2 is 1.74 bits per heavy atom. The largest absolute Gasteiger partial charge is 0.443 e. The molecule has 0 aliphatic carbocycles. The first-order valence-corrected chi connectivity index (χ1v) is 5.54. The highest BCUT2D eigenvalue weighted by atomic mass is 19.2. The number of hydrogen-bond donors (Lipinski definition) is 2. The molecule has 0 aromatic heterocycles. The van der Waals surface area contributed by atoms with Crippen LogP contribution < -0.4 is 10.9 Å². The fraction of sp³-hybridized carbons (Fsp3) is 0.417. The van der Waals surface area contributed by atoms with Crippen LogP contribution in [0.25, 0.3) is 0 Å². The quantitative estimate of drug-likeness (QED) is 0.659. The van der Waals surface area contributed by atoms with Gasteiger partial charge in [-0.05, 0) is 26.8 Å². The summed E-state index contributed by atoms with van der Waals surface area (Å²) in [5, 5.41) is 0. The van der Waals surface area contributed by atoms with E-state index in [9.17, 15) is 18.0 Å². The molecule has 0 heterocycles. The number of hydrogen-bond acceptors (Lipinski definition) is 3. The lowest BCUT2D eigenvalue weighted by Gasteiger charge is -2.19. The molecule has 1 aromatic rings. The number of carbonyl (C=O) groups excluding carboxylic acids is 1. The lowest BCUT2D eigenvalue weighted by molar-refractivity contribution is 0.0496.